The molecule has 0 atom stereocenters. The van der Waals surface area contributed by atoms with Crippen LogP contribution in [0.5, 0.6) is 11.5 Å². The van der Waals surface area contributed by atoms with Crippen LogP contribution in [-0.2, 0) is 13.1 Å². The van der Waals surface area contributed by atoms with Gasteiger partial charge in [-0.3, -0.25) is 4.99 Å². The van der Waals surface area contributed by atoms with E-state index in [0.29, 0.717) is 19.0 Å². The van der Waals surface area contributed by atoms with E-state index in [4.69, 9.17) is 14.0 Å². The van der Waals surface area contributed by atoms with Crippen molar-refractivity contribution in [2.45, 2.75) is 13.1 Å². The van der Waals surface area contributed by atoms with E-state index in [1.54, 1.807) is 7.05 Å². The predicted molar refractivity (Wildman–Crippen MR) is 102 cm³/mol. The van der Waals surface area contributed by atoms with Crippen LogP contribution in [0.3, 0.4) is 0 Å². The van der Waals surface area contributed by atoms with Crippen molar-refractivity contribution in [3.05, 3.63) is 65.9 Å². The molecular weight excluding hydrogens is 344 g/mol. The fourth-order valence-electron chi connectivity index (χ4n) is 2.77. The minimum absolute atomic E-state index is 0.276. The number of nitrogens with zero attached hydrogens (tertiary/aromatic N) is 2. The van der Waals surface area contributed by atoms with E-state index in [1.807, 2.05) is 54.6 Å². The summed E-state index contributed by atoms with van der Waals surface area (Å²) >= 11 is 0. The zero-order valence-corrected chi connectivity index (χ0v) is 14.9. The van der Waals surface area contributed by atoms with Crippen LogP contribution in [0.25, 0.3) is 11.3 Å². The molecule has 2 aromatic carbocycles. The van der Waals surface area contributed by atoms with Gasteiger partial charge in [-0.05, 0) is 17.7 Å². The number of aromatic nitrogens is 1. The van der Waals surface area contributed by atoms with Crippen molar-refractivity contribution in [3.63, 3.8) is 0 Å². The molecule has 0 saturated carbocycles. The van der Waals surface area contributed by atoms with Crippen LogP contribution in [0.2, 0.25) is 0 Å². The van der Waals surface area contributed by atoms with Crippen LogP contribution in [-0.4, -0.2) is 25.0 Å². The van der Waals surface area contributed by atoms with Crippen molar-refractivity contribution in [1.29, 1.82) is 0 Å². The number of fused-ring (bicyclic) bond motifs is 1. The lowest BCUT2D eigenvalue weighted by Gasteiger charge is -2.11. The van der Waals surface area contributed by atoms with Gasteiger partial charge >= 0.3 is 0 Å². The highest BCUT2D eigenvalue weighted by Crippen LogP contribution is 2.32. The Morgan fingerprint density at radius 1 is 1.00 bits per heavy atom. The summed E-state index contributed by atoms with van der Waals surface area (Å²) in [5.74, 6) is 2.97. The summed E-state index contributed by atoms with van der Waals surface area (Å²) in [5, 5.41) is 10.6. The van der Waals surface area contributed by atoms with Gasteiger partial charge in [0.1, 0.15) is 5.69 Å². The minimum Gasteiger partial charge on any atom is -0.454 e. The average Bonchev–Trinajstić information content (AvgIpc) is 3.38. The number of nitrogens with one attached hydrogen (secondary N) is 2. The highest BCUT2D eigenvalue weighted by atomic mass is 16.7. The van der Waals surface area contributed by atoms with Gasteiger partial charge < -0.3 is 24.6 Å². The molecule has 0 spiro atoms. The fraction of sp³-hybridized carbons (Fsp3) is 0.200. The smallest absolute Gasteiger partial charge is 0.231 e. The minimum atomic E-state index is 0.276. The first-order valence-corrected chi connectivity index (χ1v) is 8.66. The Bertz CT molecular complexity index is 937. The SMILES string of the molecule is CN=C(NCc1ccc2c(c1)OCO2)NCc1cc(-c2ccccc2)on1. The molecule has 7 nitrogen and oxygen atoms in total. The lowest BCUT2D eigenvalue weighted by atomic mass is 10.2. The molecule has 1 aliphatic rings. The predicted octanol–water partition coefficient (Wildman–Crippen LogP) is 2.94. The van der Waals surface area contributed by atoms with Gasteiger partial charge in [0.2, 0.25) is 6.79 Å². The van der Waals surface area contributed by atoms with Crippen LogP contribution >= 0.6 is 0 Å². The number of hydrogen-bond acceptors (Lipinski definition) is 5. The second kappa shape index (κ2) is 7.82. The number of ether oxygens (including phenoxy) is 2. The Hall–Kier alpha value is -3.48. The molecular formula is C20H20N4O3. The first kappa shape index (κ1) is 17.0. The molecule has 27 heavy (non-hydrogen) atoms. The zero-order valence-electron chi connectivity index (χ0n) is 14.9. The molecule has 2 heterocycles. The second-order valence-electron chi connectivity index (χ2n) is 6.02. The topological polar surface area (TPSA) is 80.9 Å². The summed E-state index contributed by atoms with van der Waals surface area (Å²) < 4.78 is 16.1. The normalized spacial score (nSPS) is 12.9. The summed E-state index contributed by atoms with van der Waals surface area (Å²) in [6, 6.07) is 17.7. The number of guanidine groups is 1. The third-order valence-electron chi connectivity index (χ3n) is 4.17. The van der Waals surface area contributed by atoms with E-state index in [9.17, 15) is 0 Å². The summed E-state index contributed by atoms with van der Waals surface area (Å²) in [4.78, 5) is 4.24. The Kier molecular flexibility index (Phi) is 4.91. The van der Waals surface area contributed by atoms with Gasteiger partial charge in [-0.2, -0.15) is 0 Å². The lowest BCUT2D eigenvalue weighted by Crippen LogP contribution is -2.36. The van der Waals surface area contributed by atoms with Gasteiger partial charge in [0.15, 0.2) is 23.2 Å². The highest BCUT2D eigenvalue weighted by molar-refractivity contribution is 5.79. The Morgan fingerprint density at radius 2 is 1.81 bits per heavy atom. The van der Waals surface area contributed by atoms with E-state index in [-0.39, 0.29) is 6.79 Å². The van der Waals surface area contributed by atoms with Gasteiger partial charge in [0.25, 0.3) is 0 Å². The molecule has 0 radical (unpaired) electrons. The number of benzene rings is 2. The summed E-state index contributed by atoms with van der Waals surface area (Å²) in [7, 11) is 1.73. The van der Waals surface area contributed by atoms with Crippen molar-refractivity contribution >= 4 is 5.96 Å². The third-order valence-corrected chi connectivity index (χ3v) is 4.17. The number of aliphatic imine (C=N–C) groups is 1. The van der Waals surface area contributed by atoms with E-state index in [2.05, 4.69) is 20.8 Å². The van der Waals surface area contributed by atoms with Crippen molar-refractivity contribution in [2.24, 2.45) is 4.99 Å². The average molecular weight is 364 g/mol. The number of rotatable bonds is 5. The second-order valence-corrected chi connectivity index (χ2v) is 6.02. The van der Waals surface area contributed by atoms with Gasteiger partial charge in [0.05, 0.1) is 6.54 Å². The van der Waals surface area contributed by atoms with Gasteiger partial charge in [0, 0.05) is 25.2 Å². The van der Waals surface area contributed by atoms with Gasteiger partial charge in [-0.15, -0.1) is 0 Å². The molecule has 0 aliphatic carbocycles. The molecule has 0 bridgehead atoms. The molecule has 0 fully saturated rings. The quantitative estimate of drug-likeness (QED) is 0.535. The van der Waals surface area contributed by atoms with Crippen molar-refractivity contribution in [1.82, 2.24) is 15.8 Å². The molecule has 7 heteroatoms. The van der Waals surface area contributed by atoms with E-state index in [0.717, 1.165) is 34.1 Å². The third kappa shape index (κ3) is 4.03. The molecule has 3 aromatic rings. The van der Waals surface area contributed by atoms with Crippen LogP contribution in [0.1, 0.15) is 11.3 Å². The van der Waals surface area contributed by atoms with E-state index >= 15 is 0 Å². The van der Waals surface area contributed by atoms with Crippen molar-refractivity contribution in [2.75, 3.05) is 13.8 Å². The maximum absolute atomic E-state index is 5.41. The molecule has 1 aromatic heterocycles. The monoisotopic (exact) mass is 364 g/mol. The molecule has 138 valence electrons. The van der Waals surface area contributed by atoms with Gasteiger partial charge in [-0.1, -0.05) is 41.6 Å². The van der Waals surface area contributed by atoms with Crippen LogP contribution in [0.15, 0.2) is 64.1 Å². The lowest BCUT2D eigenvalue weighted by molar-refractivity contribution is 0.174. The molecule has 0 saturated heterocycles. The Labute approximate surface area is 157 Å². The van der Waals surface area contributed by atoms with E-state index < -0.39 is 0 Å². The molecule has 1 aliphatic heterocycles. The largest absolute Gasteiger partial charge is 0.454 e. The van der Waals surface area contributed by atoms with Crippen molar-refractivity contribution in [3.8, 4) is 22.8 Å². The molecule has 0 amide bonds. The highest BCUT2D eigenvalue weighted by Gasteiger charge is 2.13. The first-order valence-electron chi connectivity index (χ1n) is 8.66. The molecule has 2 N–H and O–H groups in total. The van der Waals surface area contributed by atoms with E-state index in [1.165, 1.54) is 0 Å². The van der Waals surface area contributed by atoms with Crippen molar-refractivity contribution < 1.29 is 14.0 Å². The maximum Gasteiger partial charge on any atom is 0.231 e. The van der Waals surface area contributed by atoms with Crippen LogP contribution < -0.4 is 20.1 Å². The standard InChI is InChI=1S/C20H20N4O3/c1-21-20(22-11-14-7-8-17-19(9-14)26-13-25-17)23-12-16-10-18(27-24-16)15-5-3-2-4-6-15/h2-10H,11-13H2,1H3,(H2,21,22,23). The summed E-state index contributed by atoms with van der Waals surface area (Å²) in [5.41, 5.74) is 2.89. The summed E-state index contributed by atoms with van der Waals surface area (Å²) in [6.45, 7) is 1.40. The van der Waals surface area contributed by atoms with Crippen LogP contribution in [0.4, 0.5) is 0 Å². The molecule has 4 rings (SSSR count). The Morgan fingerprint density at radius 3 is 2.67 bits per heavy atom. The zero-order chi connectivity index (χ0) is 18.5. The molecule has 0 unspecified atom stereocenters. The fourth-order valence-corrected chi connectivity index (χ4v) is 2.77. The Balaban J connectivity index is 1.31. The maximum atomic E-state index is 5.41. The van der Waals surface area contributed by atoms with Gasteiger partial charge in [-0.25, -0.2) is 0 Å². The number of hydrogen-bond donors (Lipinski definition) is 2. The first-order chi connectivity index (χ1) is 13.3. The summed E-state index contributed by atoms with van der Waals surface area (Å²) in [6.07, 6.45) is 0. The van der Waals surface area contributed by atoms with Crippen LogP contribution in [0, 0.1) is 0 Å².